The highest BCUT2D eigenvalue weighted by atomic mass is 16.5. The van der Waals surface area contributed by atoms with Crippen molar-refractivity contribution in [3.63, 3.8) is 0 Å². The lowest BCUT2D eigenvalue weighted by Gasteiger charge is -2.18. The van der Waals surface area contributed by atoms with Gasteiger partial charge in [-0.15, -0.1) is 5.92 Å². The zero-order valence-electron chi connectivity index (χ0n) is 15.0. The Morgan fingerprint density at radius 3 is 2.67 bits per heavy atom. The third-order valence-electron chi connectivity index (χ3n) is 6.18. The highest BCUT2D eigenvalue weighted by Gasteiger charge is 2.32. The second-order valence-corrected chi connectivity index (χ2v) is 8.01. The quantitative estimate of drug-likeness (QED) is 0.745. The Balaban J connectivity index is 1.31. The van der Waals surface area contributed by atoms with E-state index < -0.39 is 0 Å². The van der Waals surface area contributed by atoms with Crippen LogP contribution in [0.3, 0.4) is 0 Å². The van der Waals surface area contributed by atoms with Gasteiger partial charge in [0.15, 0.2) is 0 Å². The molecule has 134 valence electrons. The van der Waals surface area contributed by atoms with Crippen molar-refractivity contribution in [3.8, 4) is 11.8 Å². The number of carbonyl (C=O) groups excluding carboxylic acids is 1. The topological polar surface area (TPSA) is 38.3 Å². The molecule has 0 radical (unpaired) electrons. The first-order valence-electron chi connectivity index (χ1n) is 10.2. The first-order chi connectivity index (χ1) is 11.8. The van der Waals surface area contributed by atoms with Crippen molar-refractivity contribution in [1.82, 2.24) is 5.32 Å². The summed E-state index contributed by atoms with van der Waals surface area (Å²) in [5.74, 6) is 8.94. The molecule has 3 aliphatic carbocycles. The van der Waals surface area contributed by atoms with Crippen molar-refractivity contribution in [1.29, 1.82) is 0 Å². The first-order valence-corrected chi connectivity index (χ1v) is 10.2. The number of carbonyl (C=O) groups is 1. The Morgan fingerprint density at radius 2 is 1.79 bits per heavy atom. The molecule has 0 spiro atoms. The lowest BCUT2D eigenvalue weighted by molar-refractivity contribution is -0.127. The maximum Gasteiger partial charge on any atom is 0.246 e. The van der Waals surface area contributed by atoms with Crippen LogP contribution in [0, 0.1) is 29.6 Å². The molecule has 0 aromatic heterocycles. The van der Waals surface area contributed by atoms with Gasteiger partial charge in [0.25, 0.3) is 0 Å². The zero-order valence-corrected chi connectivity index (χ0v) is 15.0. The van der Waals surface area contributed by atoms with Gasteiger partial charge in [0.05, 0.1) is 0 Å². The van der Waals surface area contributed by atoms with E-state index in [1.165, 1.54) is 57.8 Å². The number of nitrogens with one attached hydrogen (secondary N) is 1. The summed E-state index contributed by atoms with van der Waals surface area (Å²) in [4.78, 5) is 12.0. The maximum atomic E-state index is 12.0. The van der Waals surface area contributed by atoms with Gasteiger partial charge in [0.1, 0.15) is 12.7 Å². The Kier molecular flexibility index (Phi) is 7.02. The van der Waals surface area contributed by atoms with Crippen molar-refractivity contribution in [2.75, 3.05) is 13.2 Å². The minimum Gasteiger partial charge on any atom is -0.356 e. The molecule has 0 aromatic rings. The van der Waals surface area contributed by atoms with Crippen LogP contribution in [0.5, 0.6) is 0 Å². The van der Waals surface area contributed by atoms with Gasteiger partial charge in [0.2, 0.25) is 5.91 Å². The van der Waals surface area contributed by atoms with Crippen LogP contribution in [0.25, 0.3) is 0 Å². The van der Waals surface area contributed by atoms with Crippen LogP contribution in [0.1, 0.15) is 77.0 Å². The van der Waals surface area contributed by atoms with Crippen molar-refractivity contribution >= 4 is 5.91 Å². The highest BCUT2D eigenvalue weighted by molar-refractivity contribution is 5.77. The number of hydrogen-bond acceptors (Lipinski definition) is 2. The fraction of sp³-hybridized carbons (Fsp3) is 0.857. The average molecular weight is 332 g/mol. The summed E-state index contributed by atoms with van der Waals surface area (Å²) in [5.41, 5.74) is 0. The second kappa shape index (κ2) is 9.47. The van der Waals surface area contributed by atoms with Gasteiger partial charge in [-0.3, -0.25) is 4.79 Å². The lowest BCUT2D eigenvalue weighted by atomic mass is 9.89. The Bertz CT molecular complexity index is 458. The van der Waals surface area contributed by atoms with Crippen LogP contribution < -0.4 is 5.32 Å². The molecular weight excluding hydrogens is 298 g/mol. The normalized spacial score (nSPS) is 31.1. The highest BCUT2D eigenvalue weighted by Crippen LogP contribution is 2.42. The average Bonchev–Trinajstić information content (AvgIpc) is 3.23. The van der Waals surface area contributed by atoms with Crippen LogP contribution in [-0.4, -0.2) is 25.2 Å². The van der Waals surface area contributed by atoms with E-state index in [0.717, 1.165) is 37.6 Å². The van der Waals surface area contributed by atoms with Crippen LogP contribution in [0.15, 0.2) is 0 Å². The molecule has 3 unspecified atom stereocenters. The number of hydrogen-bond donors (Lipinski definition) is 1. The summed E-state index contributed by atoms with van der Waals surface area (Å²) in [6.07, 6.45) is 15.2. The summed E-state index contributed by atoms with van der Waals surface area (Å²) in [6, 6.07) is 0. The molecule has 24 heavy (non-hydrogen) atoms. The van der Waals surface area contributed by atoms with Gasteiger partial charge >= 0.3 is 0 Å². The summed E-state index contributed by atoms with van der Waals surface area (Å²) in [5, 5.41) is 3.09. The molecule has 0 bridgehead atoms. The van der Waals surface area contributed by atoms with E-state index in [0.29, 0.717) is 5.92 Å². The summed E-state index contributed by atoms with van der Waals surface area (Å²) in [7, 11) is 0. The third-order valence-corrected chi connectivity index (χ3v) is 6.18. The molecule has 3 heteroatoms. The van der Waals surface area contributed by atoms with E-state index in [2.05, 4.69) is 17.2 Å². The monoisotopic (exact) mass is 331 g/mol. The van der Waals surface area contributed by atoms with Crippen molar-refractivity contribution < 1.29 is 9.53 Å². The van der Waals surface area contributed by atoms with Crippen LogP contribution in [0.2, 0.25) is 0 Å². The Morgan fingerprint density at radius 1 is 0.958 bits per heavy atom. The van der Waals surface area contributed by atoms with E-state index in [1.54, 1.807) is 0 Å². The molecule has 3 rings (SSSR count). The molecule has 0 saturated heterocycles. The van der Waals surface area contributed by atoms with Gasteiger partial charge in [0, 0.05) is 13.0 Å². The standard InChI is InChI=1S/C21H33NO2/c23-21(16-24-20-10-4-2-1-3-5-11-20)22-15-17-12-13-19(14-17)18-8-6-7-9-18/h17-20H,1-4,6-10,12-16H2,(H,22,23). The van der Waals surface area contributed by atoms with Gasteiger partial charge in [-0.05, 0) is 56.3 Å². The molecular formula is C21H33NO2. The van der Waals surface area contributed by atoms with E-state index in [-0.39, 0.29) is 18.6 Å². The smallest absolute Gasteiger partial charge is 0.246 e. The molecule has 3 atom stereocenters. The minimum atomic E-state index is -0.0470. The lowest BCUT2D eigenvalue weighted by Crippen LogP contribution is -2.33. The molecule has 0 heterocycles. The predicted octanol–water partition coefficient (Wildman–Crippen LogP) is 4.06. The van der Waals surface area contributed by atoms with E-state index >= 15 is 0 Å². The zero-order chi connectivity index (χ0) is 16.6. The molecule has 1 N–H and O–H groups in total. The van der Waals surface area contributed by atoms with Crippen LogP contribution >= 0.6 is 0 Å². The van der Waals surface area contributed by atoms with Gasteiger partial charge < -0.3 is 10.1 Å². The molecule has 0 aliphatic heterocycles. The molecule has 2 saturated carbocycles. The molecule has 0 aromatic carbocycles. The second-order valence-electron chi connectivity index (χ2n) is 8.01. The minimum absolute atomic E-state index is 0.0307. The van der Waals surface area contributed by atoms with Crippen molar-refractivity contribution in [2.45, 2.75) is 83.2 Å². The maximum absolute atomic E-state index is 12.0. The van der Waals surface area contributed by atoms with E-state index in [1.807, 2.05) is 0 Å². The van der Waals surface area contributed by atoms with Crippen molar-refractivity contribution in [3.05, 3.63) is 0 Å². The van der Waals surface area contributed by atoms with Gasteiger partial charge in [-0.25, -0.2) is 0 Å². The molecule has 3 aliphatic rings. The first kappa shape index (κ1) is 17.8. The van der Waals surface area contributed by atoms with E-state index in [4.69, 9.17) is 4.74 Å². The molecule has 2 fully saturated rings. The molecule has 3 nitrogen and oxygen atoms in total. The van der Waals surface area contributed by atoms with Crippen LogP contribution in [-0.2, 0) is 9.53 Å². The Labute approximate surface area is 147 Å². The fourth-order valence-electron chi connectivity index (χ4n) is 4.74. The van der Waals surface area contributed by atoms with Crippen LogP contribution in [0.4, 0.5) is 0 Å². The molecule has 1 amide bonds. The summed E-state index contributed by atoms with van der Waals surface area (Å²) < 4.78 is 5.71. The predicted molar refractivity (Wildman–Crippen MR) is 96.4 cm³/mol. The summed E-state index contributed by atoms with van der Waals surface area (Å²) in [6.45, 7) is 1.000. The number of ether oxygens (including phenoxy) is 1. The fourth-order valence-corrected chi connectivity index (χ4v) is 4.74. The number of amides is 1. The van der Waals surface area contributed by atoms with Gasteiger partial charge in [-0.1, -0.05) is 38.0 Å². The Hall–Kier alpha value is -1.01. The van der Waals surface area contributed by atoms with E-state index in [9.17, 15) is 4.79 Å². The summed E-state index contributed by atoms with van der Waals surface area (Å²) >= 11 is 0. The SMILES string of the molecule is O=C(COC1C#CCCCCC1)NCC1CCC(C2CCCC2)C1. The third kappa shape index (κ3) is 5.52. The largest absolute Gasteiger partial charge is 0.356 e. The van der Waals surface area contributed by atoms with Crippen molar-refractivity contribution in [2.24, 2.45) is 17.8 Å². The van der Waals surface area contributed by atoms with Gasteiger partial charge in [-0.2, -0.15) is 0 Å². The number of rotatable bonds is 6.